The Morgan fingerprint density at radius 3 is 2.71 bits per heavy atom. The van der Waals surface area contributed by atoms with Crippen molar-refractivity contribution >= 4 is 16.6 Å². The smallest absolute Gasteiger partial charge is 0.306 e. The summed E-state index contributed by atoms with van der Waals surface area (Å²) in [5.41, 5.74) is 9.48. The molecule has 1 aliphatic rings. The maximum atomic E-state index is 9.27. The summed E-state index contributed by atoms with van der Waals surface area (Å²) in [6, 6.07) is 20.3. The number of aromatic nitrogens is 2. The lowest BCUT2D eigenvalue weighted by molar-refractivity contribution is -0.686. The van der Waals surface area contributed by atoms with Gasteiger partial charge in [-0.05, 0) is 11.5 Å². The number of hydrogen-bond acceptors (Lipinski definition) is 5. The molecule has 0 fully saturated rings. The molecule has 3 N–H and O–H groups in total. The van der Waals surface area contributed by atoms with Gasteiger partial charge in [0.2, 0.25) is 12.1 Å². The molecular formula is C25H24N3O3+. The van der Waals surface area contributed by atoms with E-state index in [9.17, 15) is 5.11 Å². The molecule has 5 rings (SSSR count). The molecule has 3 aromatic carbocycles. The third-order valence-electron chi connectivity index (χ3n) is 5.85. The summed E-state index contributed by atoms with van der Waals surface area (Å²) in [5.74, 6) is 2.45. The van der Waals surface area contributed by atoms with Gasteiger partial charge < -0.3 is 20.3 Å². The zero-order valence-corrected chi connectivity index (χ0v) is 17.3. The molecule has 31 heavy (non-hydrogen) atoms. The third kappa shape index (κ3) is 3.16. The molecule has 1 aromatic heterocycles. The molecule has 0 aliphatic carbocycles. The second kappa shape index (κ2) is 7.89. The molecule has 0 radical (unpaired) electrons. The zero-order chi connectivity index (χ0) is 21.4. The normalized spacial score (nSPS) is 14.6. The summed E-state index contributed by atoms with van der Waals surface area (Å²) in [6.45, 7) is 0.663. The minimum atomic E-state index is -0.200. The predicted octanol–water partition coefficient (Wildman–Crippen LogP) is 3.78. The number of benzene rings is 3. The SMILES string of the molecule is COc1ccccc1[C@H]1c2ccc3ccccc3c2Oc2nc[n+](CCCO)c(N)c21. The van der Waals surface area contributed by atoms with Crippen LogP contribution in [0.2, 0.25) is 0 Å². The van der Waals surface area contributed by atoms with Crippen LogP contribution in [-0.4, -0.2) is 23.8 Å². The molecule has 0 bridgehead atoms. The van der Waals surface area contributed by atoms with Gasteiger partial charge in [-0.3, -0.25) is 0 Å². The maximum Gasteiger partial charge on any atom is 0.306 e. The van der Waals surface area contributed by atoms with Gasteiger partial charge in [0, 0.05) is 29.5 Å². The number of nitrogen functional groups attached to an aromatic ring is 1. The number of para-hydroxylation sites is 1. The summed E-state index contributed by atoms with van der Waals surface area (Å²) in [4.78, 5) is 4.61. The number of hydrogen-bond donors (Lipinski definition) is 2. The van der Waals surface area contributed by atoms with Crippen LogP contribution in [0.3, 0.4) is 0 Å². The highest BCUT2D eigenvalue weighted by Crippen LogP contribution is 2.51. The van der Waals surface area contributed by atoms with Crippen molar-refractivity contribution in [1.82, 2.24) is 4.98 Å². The number of nitrogens with zero attached hydrogens (tertiary/aromatic N) is 2. The first kappa shape index (κ1) is 19.3. The Morgan fingerprint density at radius 1 is 1.06 bits per heavy atom. The lowest BCUT2D eigenvalue weighted by Gasteiger charge is -2.28. The Kier molecular flexibility index (Phi) is 4.92. The second-order valence-electron chi connectivity index (χ2n) is 7.60. The molecule has 6 heteroatoms. The van der Waals surface area contributed by atoms with Crippen molar-refractivity contribution in [2.24, 2.45) is 0 Å². The topological polar surface area (TPSA) is 81.5 Å². The van der Waals surface area contributed by atoms with Gasteiger partial charge in [0.15, 0.2) is 0 Å². The molecule has 4 aromatic rings. The number of aryl methyl sites for hydroxylation is 1. The van der Waals surface area contributed by atoms with Gasteiger partial charge in [-0.15, -0.1) is 0 Å². The van der Waals surface area contributed by atoms with E-state index in [0.29, 0.717) is 24.7 Å². The van der Waals surface area contributed by atoms with Crippen molar-refractivity contribution in [2.45, 2.75) is 18.9 Å². The molecule has 6 nitrogen and oxygen atoms in total. The van der Waals surface area contributed by atoms with Crippen LogP contribution in [0, 0.1) is 0 Å². The van der Waals surface area contributed by atoms with Crippen molar-refractivity contribution in [3.8, 4) is 17.4 Å². The average Bonchev–Trinajstić information content (AvgIpc) is 2.82. The van der Waals surface area contributed by atoms with Crippen LogP contribution in [0.1, 0.15) is 29.0 Å². The van der Waals surface area contributed by atoms with E-state index in [1.54, 1.807) is 13.4 Å². The molecule has 2 heterocycles. The van der Waals surface area contributed by atoms with Crippen molar-refractivity contribution in [2.75, 3.05) is 19.5 Å². The Labute approximate surface area is 180 Å². The van der Waals surface area contributed by atoms with Gasteiger partial charge in [0.1, 0.15) is 17.1 Å². The van der Waals surface area contributed by atoms with Crippen LogP contribution >= 0.6 is 0 Å². The largest absolute Gasteiger partial charge is 0.496 e. The third-order valence-corrected chi connectivity index (χ3v) is 5.85. The molecule has 0 spiro atoms. The van der Waals surface area contributed by atoms with Crippen LogP contribution in [0.5, 0.6) is 17.4 Å². The van der Waals surface area contributed by atoms with Crippen LogP contribution in [0.15, 0.2) is 67.0 Å². The van der Waals surface area contributed by atoms with E-state index in [2.05, 4.69) is 35.3 Å². The number of nitrogens with two attached hydrogens (primary N) is 1. The van der Waals surface area contributed by atoms with E-state index in [1.165, 1.54) is 0 Å². The first-order valence-corrected chi connectivity index (χ1v) is 10.3. The number of methoxy groups -OCH3 is 1. The fourth-order valence-corrected chi connectivity index (χ4v) is 4.37. The number of fused-ring (bicyclic) bond motifs is 4. The number of aliphatic hydroxyl groups is 1. The van der Waals surface area contributed by atoms with Crippen LogP contribution in [-0.2, 0) is 6.54 Å². The molecule has 0 unspecified atom stereocenters. The summed E-state index contributed by atoms with van der Waals surface area (Å²) in [6.07, 6.45) is 2.27. The van der Waals surface area contributed by atoms with Crippen molar-refractivity contribution in [1.29, 1.82) is 0 Å². The van der Waals surface area contributed by atoms with Crippen molar-refractivity contribution in [3.05, 3.63) is 83.7 Å². The van der Waals surface area contributed by atoms with Gasteiger partial charge in [-0.25, -0.2) is 4.57 Å². The summed E-state index contributed by atoms with van der Waals surface area (Å²) in [5, 5.41) is 11.4. The van der Waals surface area contributed by atoms with E-state index < -0.39 is 0 Å². The minimum Gasteiger partial charge on any atom is -0.496 e. The van der Waals surface area contributed by atoms with Gasteiger partial charge in [-0.2, -0.15) is 0 Å². The Balaban J connectivity index is 1.80. The van der Waals surface area contributed by atoms with E-state index >= 15 is 0 Å². The molecule has 156 valence electrons. The quantitative estimate of drug-likeness (QED) is 0.428. The van der Waals surface area contributed by atoms with Crippen LogP contribution in [0.4, 0.5) is 5.82 Å². The van der Waals surface area contributed by atoms with Crippen LogP contribution in [0.25, 0.3) is 10.8 Å². The fraction of sp³-hybridized carbons (Fsp3) is 0.200. The van der Waals surface area contributed by atoms with Gasteiger partial charge >= 0.3 is 5.88 Å². The zero-order valence-electron chi connectivity index (χ0n) is 17.3. The number of aliphatic hydroxyl groups excluding tert-OH is 1. The summed E-state index contributed by atoms with van der Waals surface area (Å²) in [7, 11) is 1.68. The highest BCUT2D eigenvalue weighted by molar-refractivity contribution is 5.91. The molecule has 0 amide bonds. The minimum absolute atomic E-state index is 0.0881. The first-order valence-electron chi connectivity index (χ1n) is 10.3. The lowest BCUT2D eigenvalue weighted by atomic mass is 9.82. The molecule has 0 saturated heterocycles. The maximum absolute atomic E-state index is 9.27. The van der Waals surface area contributed by atoms with Crippen LogP contribution < -0.4 is 19.8 Å². The molecular weight excluding hydrogens is 390 g/mol. The van der Waals surface area contributed by atoms with E-state index in [1.807, 2.05) is 34.9 Å². The monoisotopic (exact) mass is 414 g/mol. The highest BCUT2D eigenvalue weighted by Gasteiger charge is 2.38. The highest BCUT2D eigenvalue weighted by atomic mass is 16.5. The Bertz CT molecular complexity index is 1270. The molecule has 0 saturated carbocycles. The lowest BCUT2D eigenvalue weighted by Crippen LogP contribution is -2.40. The van der Waals surface area contributed by atoms with Crippen molar-refractivity contribution in [3.63, 3.8) is 0 Å². The standard InChI is InChI=1S/C25H23N3O3/c1-30-20-10-5-4-9-18(20)21-19-12-11-16-7-2-3-8-17(16)23(19)31-25-22(21)24(26)28(15-27-25)13-6-14-29/h2-5,7-12,15,21,26,29H,6,13-14H2,1H3/p+1/t21-/m0/s1. The van der Waals surface area contributed by atoms with E-state index in [-0.39, 0.29) is 12.5 Å². The van der Waals surface area contributed by atoms with Gasteiger partial charge in [-0.1, -0.05) is 59.6 Å². The summed E-state index contributed by atoms with van der Waals surface area (Å²) >= 11 is 0. The first-order chi connectivity index (χ1) is 15.2. The number of rotatable bonds is 5. The second-order valence-corrected chi connectivity index (χ2v) is 7.60. The molecule has 1 atom stereocenters. The number of anilines is 1. The Hall–Kier alpha value is -3.64. The van der Waals surface area contributed by atoms with Crippen molar-refractivity contribution < 1.29 is 19.1 Å². The predicted molar refractivity (Wildman–Crippen MR) is 119 cm³/mol. The fourth-order valence-electron chi connectivity index (χ4n) is 4.37. The average molecular weight is 414 g/mol. The molecule has 1 aliphatic heterocycles. The number of ether oxygens (including phenoxy) is 2. The van der Waals surface area contributed by atoms with E-state index in [4.69, 9.17) is 15.2 Å². The van der Waals surface area contributed by atoms with E-state index in [0.717, 1.165) is 39.0 Å². The van der Waals surface area contributed by atoms with Gasteiger partial charge in [0.25, 0.3) is 0 Å². The Morgan fingerprint density at radius 2 is 1.87 bits per heavy atom. The van der Waals surface area contributed by atoms with Gasteiger partial charge in [0.05, 0.1) is 19.6 Å². The summed E-state index contributed by atoms with van der Waals surface area (Å²) < 4.78 is 13.9.